The van der Waals surface area contributed by atoms with Crippen molar-refractivity contribution < 1.29 is 14.3 Å². The lowest BCUT2D eigenvalue weighted by Gasteiger charge is -2.38. The SMILES string of the molecule is CCOC(=O)C1(CC(=O)Nc2cc(Br)c3cn[nH]c3c2)CCC1. The van der Waals surface area contributed by atoms with Crippen molar-refractivity contribution in [2.24, 2.45) is 5.41 Å². The van der Waals surface area contributed by atoms with Crippen LogP contribution in [0.15, 0.2) is 22.8 Å². The van der Waals surface area contributed by atoms with Gasteiger partial charge in [0.1, 0.15) is 0 Å². The van der Waals surface area contributed by atoms with Crippen molar-refractivity contribution in [1.29, 1.82) is 0 Å². The minimum Gasteiger partial charge on any atom is -0.466 e. The smallest absolute Gasteiger partial charge is 0.312 e. The number of fused-ring (bicyclic) bond motifs is 1. The third-order valence-electron chi connectivity index (χ3n) is 4.31. The Hall–Kier alpha value is -1.89. The fourth-order valence-corrected chi connectivity index (χ4v) is 3.50. The van der Waals surface area contributed by atoms with Crippen LogP contribution in [0.2, 0.25) is 0 Å². The lowest BCUT2D eigenvalue weighted by molar-refractivity contribution is -0.163. The molecule has 1 saturated carbocycles. The molecule has 122 valence electrons. The maximum atomic E-state index is 12.4. The normalized spacial score (nSPS) is 15.9. The highest BCUT2D eigenvalue weighted by atomic mass is 79.9. The zero-order valence-corrected chi connectivity index (χ0v) is 14.4. The predicted molar refractivity (Wildman–Crippen MR) is 90.0 cm³/mol. The summed E-state index contributed by atoms with van der Waals surface area (Å²) >= 11 is 3.46. The number of halogens is 1. The second-order valence-corrected chi connectivity index (χ2v) is 6.72. The summed E-state index contributed by atoms with van der Waals surface area (Å²) in [5.74, 6) is -0.435. The van der Waals surface area contributed by atoms with Crippen LogP contribution < -0.4 is 5.32 Å². The number of aromatic amines is 1. The average Bonchev–Trinajstić information content (AvgIpc) is 2.92. The van der Waals surface area contributed by atoms with Gasteiger partial charge in [0, 0.05) is 22.0 Å². The van der Waals surface area contributed by atoms with Crippen molar-refractivity contribution in [1.82, 2.24) is 10.2 Å². The van der Waals surface area contributed by atoms with Gasteiger partial charge in [-0.25, -0.2) is 0 Å². The number of H-pyrrole nitrogens is 1. The van der Waals surface area contributed by atoms with E-state index in [2.05, 4.69) is 31.4 Å². The first-order chi connectivity index (χ1) is 11.0. The van der Waals surface area contributed by atoms with Gasteiger partial charge in [-0.3, -0.25) is 14.7 Å². The molecule has 0 spiro atoms. The van der Waals surface area contributed by atoms with Crippen LogP contribution in [-0.4, -0.2) is 28.7 Å². The van der Waals surface area contributed by atoms with Crippen molar-refractivity contribution in [2.75, 3.05) is 11.9 Å². The third kappa shape index (κ3) is 3.10. The van der Waals surface area contributed by atoms with E-state index >= 15 is 0 Å². The summed E-state index contributed by atoms with van der Waals surface area (Å²) in [6.07, 6.45) is 4.25. The standard InChI is InChI=1S/C16H18BrN3O3/c1-2-23-15(22)16(4-3-5-16)8-14(21)19-10-6-12(17)11-9-18-20-13(11)7-10/h6-7,9H,2-5,8H2,1H3,(H,18,20)(H,19,21). The van der Waals surface area contributed by atoms with Crippen LogP contribution in [0.3, 0.4) is 0 Å². The van der Waals surface area contributed by atoms with Crippen molar-refractivity contribution in [3.05, 3.63) is 22.8 Å². The van der Waals surface area contributed by atoms with Gasteiger partial charge in [-0.15, -0.1) is 0 Å². The van der Waals surface area contributed by atoms with E-state index in [1.54, 1.807) is 13.1 Å². The maximum Gasteiger partial charge on any atom is 0.312 e. The Morgan fingerprint density at radius 2 is 2.22 bits per heavy atom. The average molecular weight is 380 g/mol. The summed E-state index contributed by atoms with van der Waals surface area (Å²) in [5, 5.41) is 10.7. The van der Waals surface area contributed by atoms with Crippen molar-refractivity contribution >= 4 is 44.4 Å². The summed E-state index contributed by atoms with van der Waals surface area (Å²) in [6.45, 7) is 2.12. The number of rotatable bonds is 5. The molecule has 6 nitrogen and oxygen atoms in total. The second-order valence-electron chi connectivity index (χ2n) is 5.87. The molecule has 23 heavy (non-hydrogen) atoms. The van der Waals surface area contributed by atoms with Crippen molar-refractivity contribution in [3.8, 4) is 0 Å². The molecule has 0 bridgehead atoms. The highest BCUT2D eigenvalue weighted by Gasteiger charge is 2.47. The quantitative estimate of drug-likeness (QED) is 0.779. The first-order valence-corrected chi connectivity index (χ1v) is 8.43. The van der Waals surface area contributed by atoms with E-state index in [0.29, 0.717) is 25.1 Å². The molecular formula is C16H18BrN3O3. The number of benzene rings is 1. The summed E-state index contributed by atoms with van der Waals surface area (Å²) in [4.78, 5) is 24.5. The molecule has 2 N–H and O–H groups in total. The van der Waals surface area contributed by atoms with E-state index in [1.165, 1.54) is 0 Å². The fourth-order valence-electron chi connectivity index (χ4n) is 2.93. The molecular weight excluding hydrogens is 362 g/mol. The number of hydrogen-bond donors (Lipinski definition) is 2. The number of anilines is 1. The number of hydrogen-bond acceptors (Lipinski definition) is 4. The monoisotopic (exact) mass is 379 g/mol. The Bertz CT molecular complexity index is 752. The highest BCUT2D eigenvalue weighted by molar-refractivity contribution is 9.10. The van der Waals surface area contributed by atoms with E-state index in [4.69, 9.17) is 4.74 Å². The van der Waals surface area contributed by atoms with Crippen LogP contribution in [0.1, 0.15) is 32.6 Å². The zero-order valence-electron chi connectivity index (χ0n) is 12.8. The lowest BCUT2D eigenvalue weighted by Crippen LogP contribution is -2.42. The van der Waals surface area contributed by atoms with E-state index in [-0.39, 0.29) is 18.3 Å². The van der Waals surface area contributed by atoms with E-state index in [9.17, 15) is 9.59 Å². The maximum absolute atomic E-state index is 12.4. The second kappa shape index (κ2) is 6.31. The molecule has 1 aliphatic rings. The summed E-state index contributed by atoms with van der Waals surface area (Å²) in [5.41, 5.74) is 0.852. The topological polar surface area (TPSA) is 84.1 Å². The molecule has 1 amide bonds. The number of carbonyl (C=O) groups is 2. The first-order valence-electron chi connectivity index (χ1n) is 7.64. The van der Waals surface area contributed by atoms with Crippen LogP contribution in [0.25, 0.3) is 10.9 Å². The molecule has 1 heterocycles. The molecule has 1 aliphatic carbocycles. The molecule has 7 heteroatoms. The number of esters is 1. The Morgan fingerprint density at radius 1 is 1.43 bits per heavy atom. The molecule has 0 saturated heterocycles. The molecule has 0 radical (unpaired) electrons. The number of nitrogens with zero attached hydrogens (tertiary/aromatic N) is 1. The minimum atomic E-state index is -0.643. The highest BCUT2D eigenvalue weighted by Crippen LogP contribution is 2.45. The number of nitrogens with one attached hydrogen (secondary N) is 2. The van der Waals surface area contributed by atoms with E-state index in [1.807, 2.05) is 12.1 Å². The molecule has 1 aromatic heterocycles. The van der Waals surface area contributed by atoms with Gasteiger partial charge in [-0.05, 0) is 47.8 Å². The first kappa shape index (κ1) is 16.0. The van der Waals surface area contributed by atoms with Gasteiger partial charge in [0.05, 0.1) is 23.7 Å². The Kier molecular flexibility index (Phi) is 4.39. The molecule has 1 fully saturated rings. The Morgan fingerprint density at radius 3 is 2.87 bits per heavy atom. The van der Waals surface area contributed by atoms with Gasteiger partial charge in [0.2, 0.25) is 5.91 Å². The lowest BCUT2D eigenvalue weighted by atomic mass is 9.66. The predicted octanol–water partition coefficient (Wildman–Crippen LogP) is 3.39. The van der Waals surface area contributed by atoms with Gasteiger partial charge in [0.15, 0.2) is 0 Å². The minimum absolute atomic E-state index is 0.157. The molecule has 0 unspecified atom stereocenters. The molecule has 3 rings (SSSR count). The van der Waals surface area contributed by atoms with E-state index < -0.39 is 5.41 Å². The van der Waals surface area contributed by atoms with Gasteiger partial charge < -0.3 is 10.1 Å². The number of amides is 1. The third-order valence-corrected chi connectivity index (χ3v) is 4.97. The van der Waals surface area contributed by atoms with Crippen LogP contribution in [-0.2, 0) is 14.3 Å². The van der Waals surface area contributed by atoms with Crippen LogP contribution >= 0.6 is 15.9 Å². The molecule has 2 aromatic rings. The molecule has 0 aliphatic heterocycles. The number of carbonyl (C=O) groups excluding carboxylic acids is 2. The van der Waals surface area contributed by atoms with Crippen LogP contribution in [0.4, 0.5) is 5.69 Å². The summed E-state index contributed by atoms with van der Waals surface area (Å²) in [7, 11) is 0. The van der Waals surface area contributed by atoms with Crippen LogP contribution in [0.5, 0.6) is 0 Å². The van der Waals surface area contributed by atoms with E-state index in [0.717, 1.165) is 21.8 Å². The van der Waals surface area contributed by atoms with Crippen LogP contribution in [0, 0.1) is 5.41 Å². The van der Waals surface area contributed by atoms with Gasteiger partial charge >= 0.3 is 5.97 Å². The van der Waals surface area contributed by atoms with Gasteiger partial charge in [-0.2, -0.15) is 5.10 Å². The summed E-state index contributed by atoms with van der Waals surface area (Å²) in [6, 6.07) is 3.65. The molecule has 1 aromatic carbocycles. The van der Waals surface area contributed by atoms with Crippen molar-refractivity contribution in [2.45, 2.75) is 32.6 Å². The van der Waals surface area contributed by atoms with Gasteiger partial charge in [0.25, 0.3) is 0 Å². The summed E-state index contributed by atoms with van der Waals surface area (Å²) < 4.78 is 5.98. The number of aromatic nitrogens is 2. The Balaban J connectivity index is 1.71. The molecule has 0 atom stereocenters. The Labute approximate surface area is 142 Å². The van der Waals surface area contributed by atoms with Gasteiger partial charge in [-0.1, -0.05) is 6.42 Å². The fraction of sp³-hybridized carbons (Fsp3) is 0.438. The largest absolute Gasteiger partial charge is 0.466 e. The van der Waals surface area contributed by atoms with Crippen molar-refractivity contribution in [3.63, 3.8) is 0 Å². The zero-order chi connectivity index (χ0) is 16.4. The number of ether oxygens (including phenoxy) is 1.